The summed E-state index contributed by atoms with van der Waals surface area (Å²) in [4.78, 5) is 12.3. The fourth-order valence-electron chi connectivity index (χ4n) is 4.81. The van der Waals surface area contributed by atoms with Gasteiger partial charge in [-0.1, -0.05) is 145 Å². The Hall–Kier alpha value is -4.09. The minimum atomic E-state index is -4.06. The van der Waals surface area contributed by atoms with Crippen molar-refractivity contribution in [2.45, 2.75) is 25.3 Å². The number of carbonyl (C=O) groups is 1. The summed E-state index contributed by atoms with van der Waals surface area (Å²) in [6.07, 6.45) is 0. The summed E-state index contributed by atoms with van der Waals surface area (Å²) < 4.78 is 30.7. The molecule has 0 aliphatic heterocycles. The van der Waals surface area contributed by atoms with Crippen molar-refractivity contribution in [2.24, 2.45) is 0 Å². The van der Waals surface area contributed by atoms with Crippen LogP contribution in [-0.2, 0) is 28.4 Å². The standard InChI is InChI=1S/C36H32NO3PS2/c1-28-18-24-35(25-19-28)43(39,40)37(26-30-12-6-3-7-13-30)36(32-22-20-31(21-23-32)29(2)38)27-41(42,33-14-8-4-9-15-33)34-16-10-5-11-17-34/h3-25,27H,26H2,1-2H3/b36-27+. The van der Waals surface area contributed by atoms with E-state index in [1.54, 1.807) is 48.5 Å². The Morgan fingerprint density at radius 3 is 1.65 bits per heavy atom. The van der Waals surface area contributed by atoms with Crippen molar-refractivity contribution >= 4 is 50.0 Å². The lowest BCUT2D eigenvalue weighted by Crippen LogP contribution is -2.30. The van der Waals surface area contributed by atoms with Gasteiger partial charge in [-0.25, -0.2) is 8.42 Å². The van der Waals surface area contributed by atoms with Crippen molar-refractivity contribution < 1.29 is 13.2 Å². The molecule has 5 rings (SSSR count). The van der Waals surface area contributed by atoms with Crippen molar-refractivity contribution in [1.82, 2.24) is 4.31 Å². The van der Waals surface area contributed by atoms with Gasteiger partial charge in [0.15, 0.2) is 5.78 Å². The molecule has 0 aromatic heterocycles. The summed E-state index contributed by atoms with van der Waals surface area (Å²) in [7, 11) is -4.06. The normalized spacial score (nSPS) is 12.1. The fraction of sp³-hybridized carbons (Fsp3) is 0.0833. The molecule has 4 nitrogen and oxygen atoms in total. The van der Waals surface area contributed by atoms with Gasteiger partial charge in [0.2, 0.25) is 0 Å². The zero-order valence-corrected chi connectivity index (χ0v) is 26.5. The average Bonchev–Trinajstić information content (AvgIpc) is 3.04. The molecule has 7 heteroatoms. The summed E-state index contributed by atoms with van der Waals surface area (Å²) in [6, 6.07) is 40.6. The highest BCUT2D eigenvalue weighted by molar-refractivity contribution is 8.23. The van der Waals surface area contributed by atoms with Crippen molar-refractivity contribution in [3.8, 4) is 0 Å². The molecule has 0 spiro atoms. The third-order valence-electron chi connectivity index (χ3n) is 7.22. The monoisotopic (exact) mass is 621 g/mol. The highest BCUT2D eigenvalue weighted by Crippen LogP contribution is 2.49. The summed E-state index contributed by atoms with van der Waals surface area (Å²) in [5.74, 6) is 1.91. The van der Waals surface area contributed by atoms with Crippen molar-refractivity contribution in [1.29, 1.82) is 0 Å². The first-order valence-electron chi connectivity index (χ1n) is 13.9. The molecule has 0 aliphatic carbocycles. The van der Waals surface area contributed by atoms with Crippen LogP contribution in [0.1, 0.15) is 34.0 Å². The van der Waals surface area contributed by atoms with E-state index in [9.17, 15) is 13.2 Å². The second-order valence-corrected chi connectivity index (χ2v) is 16.5. The Kier molecular flexibility index (Phi) is 9.22. The summed E-state index contributed by atoms with van der Waals surface area (Å²) in [6.45, 7) is 3.53. The molecule has 0 radical (unpaired) electrons. The molecule has 216 valence electrons. The molecular weight excluding hydrogens is 590 g/mol. The van der Waals surface area contributed by atoms with E-state index >= 15 is 0 Å². The van der Waals surface area contributed by atoms with Gasteiger partial charge < -0.3 is 0 Å². The Bertz CT molecular complexity index is 1850. The summed E-state index contributed by atoms with van der Waals surface area (Å²) in [5.41, 5.74) is 3.46. The smallest absolute Gasteiger partial charge is 0.264 e. The Balaban J connectivity index is 1.82. The lowest BCUT2D eigenvalue weighted by atomic mass is 10.1. The Morgan fingerprint density at radius 1 is 0.698 bits per heavy atom. The quantitative estimate of drug-likeness (QED) is 0.120. The van der Waals surface area contributed by atoms with Crippen LogP contribution in [0.3, 0.4) is 0 Å². The van der Waals surface area contributed by atoms with Gasteiger partial charge in [-0.05, 0) is 53.5 Å². The first kappa shape index (κ1) is 30.4. The van der Waals surface area contributed by atoms with Gasteiger partial charge in [-0.3, -0.25) is 9.10 Å². The second-order valence-electron chi connectivity index (χ2n) is 10.3. The van der Waals surface area contributed by atoms with Crippen LogP contribution in [0.5, 0.6) is 0 Å². The van der Waals surface area contributed by atoms with Gasteiger partial charge in [0, 0.05) is 11.6 Å². The lowest BCUT2D eigenvalue weighted by Gasteiger charge is -2.30. The molecule has 5 aromatic rings. The topological polar surface area (TPSA) is 54.5 Å². The van der Waals surface area contributed by atoms with E-state index in [-0.39, 0.29) is 17.2 Å². The van der Waals surface area contributed by atoms with Crippen molar-refractivity contribution in [3.63, 3.8) is 0 Å². The minimum Gasteiger partial charge on any atom is -0.295 e. The van der Waals surface area contributed by atoms with Crippen LogP contribution in [0.4, 0.5) is 0 Å². The highest BCUT2D eigenvalue weighted by atomic mass is 32.4. The van der Waals surface area contributed by atoms with Gasteiger partial charge in [-0.15, -0.1) is 0 Å². The van der Waals surface area contributed by atoms with Gasteiger partial charge >= 0.3 is 0 Å². The molecule has 0 heterocycles. The first-order valence-corrected chi connectivity index (χ1v) is 18.2. The molecule has 0 amide bonds. The van der Waals surface area contributed by atoms with E-state index in [1.165, 1.54) is 11.2 Å². The van der Waals surface area contributed by atoms with Gasteiger partial charge in [0.25, 0.3) is 10.0 Å². The summed E-state index contributed by atoms with van der Waals surface area (Å²) >= 11 is 6.58. The molecule has 0 saturated heterocycles. The van der Waals surface area contributed by atoms with E-state index in [2.05, 4.69) is 0 Å². The molecule has 0 aliphatic rings. The van der Waals surface area contributed by atoms with Crippen LogP contribution in [0.15, 0.2) is 150 Å². The minimum absolute atomic E-state index is 0.0656. The zero-order valence-electron chi connectivity index (χ0n) is 24.0. The molecule has 0 saturated carbocycles. The lowest BCUT2D eigenvalue weighted by molar-refractivity contribution is 0.101. The third-order valence-corrected chi connectivity index (χ3v) is 13.3. The number of nitrogens with zero attached hydrogens (tertiary/aromatic N) is 1. The molecule has 43 heavy (non-hydrogen) atoms. The van der Waals surface area contributed by atoms with E-state index in [0.717, 1.165) is 21.7 Å². The number of benzene rings is 5. The van der Waals surface area contributed by atoms with Crippen molar-refractivity contribution in [2.75, 3.05) is 0 Å². The van der Waals surface area contributed by atoms with Crippen LogP contribution in [0, 0.1) is 6.92 Å². The summed E-state index contributed by atoms with van der Waals surface area (Å²) in [5, 5.41) is 1.89. The number of hydrogen-bond donors (Lipinski definition) is 0. The average molecular weight is 622 g/mol. The van der Waals surface area contributed by atoms with Gasteiger partial charge in [0.05, 0.1) is 17.1 Å². The number of aryl methyl sites for hydroxylation is 1. The number of Topliss-reactive ketones (excluding diaryl/α,β-unsaturated/α-hetero) is 1. The molecule has 0 N–H and O–H groups in total. The maximum atomic E-state index is 14.6. The molecular formula is C36H32NO3PS2. The van der Waals surface area contributed by atoms with Gasteiger partial charge in [0.1, 0.15) is 0 Å². The van der Waals surface area contributed by atoms with Crippen LogP contribution >= 0.6 is 6.04 Å². The number of hydrogen-bond acceptors (Lipinski definition) is 4. The molecule has 5 aromatic carbocycles. The maximum Gasteiger partial charge on any atom is 0.264 e. The largest absolute Gasteiger partial charge is 0.295 e. The molecule has 0 bridgehead atoms. The highest BCUT2D eigenvalue weighted by Gasteiger charge is 2.31. The Morgan fingerprint density at radius 2 is 1.16 bits per heavy atom. The van der Waals surface area contributed by atoms with Crippen LogP contribution in [0.2, 0.25) is 0 Å². The zero-order chi connectivity index (χ0) is 30.5. The predicted octanol–water partition coefficient (Wildman–Crippen LogP) is 7.52. The second kappa shape index (κ2) is 13.0. The number of rotatable bonds is 10. The number of sulfonamides is 1. The van der Waals surface area contributed by atoms with Gasteiger partial charge in [-0.2, -0.15) is 0 Å². The molecule has 0 unspecified atom stereocenters. The molecule has 0 atom stereocenters. The van der Waals surface area contributed by atoms with Crippen LogP contribution in [0.25, 0.3) is 5.70 Å². The van der Waals surface area contributed by atoms with E-state index in [4.69, 9.17) is 11.8 Å². The first-order chi connectivity index (χ1) is 20.7. The van der Waals surface area contributed by atoms with Crippen LogP contribution < -0.4 is 10.6 Å². The van der Waals surface area contributed by atoms with E-state index < -0.39 is 16.1 Å². The number of ketones is 1. The van der Waals surface area contributed by atoms with E-state index in [1.807, 2.05) is 104 Å². The Labute approximate surface area is 259 Å². The number of carbonyl (C=O) groups excluding carboxylic acids is 1. The van der Waals surface area contributed by atoms with Crippen molar-refractivity contribution in [3.05, 3.63) is 168 Å². The van der Waals surface area contributed by atoms with Crippen LogP contribution in [-0.4, -0.2) is 18.5 Å². The maximum absolute atomic E-state index is 14.6. The molecule has 0 fully saturated rings. The SMILES string of the molecule is CC(=O)c1ccc(/C(=C\P(=S)(c2ccccc2)c2ccccc2)N(Cc2ccccc2)S(=O)(=O)c2ccc(C)cc2)cc1. The van der Waals surface area contributed by atoms with E-state index in [0.29, 0.717) is 16.8 Å². The third kappa shape index (κ3) is 6.78. The predicted molar refractivity (Wildman–Crippen MR) is 181 cm³/mol. The fourth-order valence-corrected chi connectivity index (χ4v) is 9.85.